The molecule has 2 heteroatoms. The molecule has 1 aliphatic carbocycles. The lowest BCUT2D eigenvalue weighted by molar-refractivity contribution is -0.138. The summed E-state index contributed by atoms with van der Waals surface area (Å²) in [6.45, 7) is 1.95. The Hall–Kier alpha value is -1.31. The number of aliphatic carboxylic acids is 1. The van der Waals surface area contributed by atoms with Crippen LogP contribution in [0.25, 0.3) is 0 Å². The molecule has 0 fully saturated rings. The van der Waals surface area contributed by atoms with E-state index in [4.69, 9.17) is 0 Å². The molecule has 2 nitrogen and oxygen atoms in total. The maximum Gasteiger partial charge on any atom is 0.310 e. The third-order valence-electron chi connectivity index (χ3n) is 3.51. The number of carboxylic acids is 1. The van der Waals surface area contributed by atoms with Crippen LogP contribution in [-0.4, -0.2) is 11.1 Å². The van der Waals surface area contributed by atoms with E-state index in [0.717, 1.165) is 18.4 Å². The Morgan fingerprint density at radius 1 is 1.38 bits per heavy atom. The van der Waals surface area contributed by atoms with Crippen LogP contribution in [-0.2, 0) is 17.6 Å². The zero-order valence-electron chi connectivity index (χ0n) is 9.70. The topological polar surface area (TPSA) is 37.3 Å². The van der Waals surface area contributed by atoms with Crippen molar-refractivity contribution in [2.75, 3.05) is 0 Å². The van der Waals surface area contributed by atoms with Gasteiger partial charge in [-0.15, -0.1) is 0 Å². The summed E-state index contributed by atoms with van der Waals surface area (Å²) < 4.78 is 0. The van der Waals surface area contributed by atoms with Crippen molar-refractivity contribution >= 4 is 5.97 Å². The summed E-state index contributed by atoms with van der Waals surface area (Å²) in [6.07, 6.45) is 5.26. The van der Waals surface area contributed by atoms with E-state index in [1.165, 1.54) is 24.0 Å². The summed E-state index contributed by atoms with van der Waals surface area (Å²) in [5, 5.41) is 9.23. The lowest BCUT2D eigenvalue weighted by atomic mass is 9.83. The molecule has 0 radical (unpaired) electrons. The van der Waals surface area contributed by atoms with Gasteiger partial charge in [0.25, 0.3) is 0 Å². The molecule has 16 heavy (non-hydrogen) atoms. The first-order valence-corrected chi connectivity index (χ1v) is 6.07. The highest BCUT2D eigenvalue weighted by atomic mass is 16.4. The predicted molar refractivity (Wildman–Crippen MR) is 63.8 cm³/mol. The molecule has 0 bridgehead atoms. The van der Waals surface area contributed by atoms with Crippen LogP contribution in [0, 0.1) is 0 Å². The van der Waals surface area contributed by atoms with Crippen LogP contribution in [0.15, 0.2) is 18.2 Å². The average Bonchev–Trinajstić information content (AvgIpc) is 2.30. The molecule has 0 aliphatic heterocycles. The van der Waals surface area contributed by atoms with Crippen LogP contribution >= 0.6 is 0 Å². The Labute approximate surface area is 96.3 Å². The van der Waals surface area contributed by atoms with E-state index in [2.05, 4.69) is 6.07 Å². The number of carbonyl (C=O) groups is 1. The van der Waals surface area contributed by atoms with Crippen molar-refractivity contribution in [3.63, 3.8) is 0 Å². The molecule has 0 heterocycles. The lowest BCUT2D eigenvalue weighted by Gasteiger charge is -2.22. The summed E-state index contributed by atoms with van der Waals surface area (Å²) >= 11 is 0. The van der Waals surface area contributed by atoms with E-state index in [1.54, 1.807) is 0 Å². The number of benzene rings is 1. The normalized spacial score (nSPS) is 16.6. The first-order valence-electron chi connectivity index (χ1n) is 6.07. The molecule has 0 saturated carbocycles. The second-order valence-corrected chi connectivity index (χ2v) is 4.49. The highest BCUT2D eigenvalue weighted by Crippen LogP contribution is 2.30. The van der Waals surface area contributed by atoms with Gasteiger partial charge in [-0.3, -0.25) is 4.79 Å². The predicted octanol–water partition coefficient (Wildman–Crippen LogP) is 3.14. The Bertz CT molecular complexity index is 396. The van der Waals surface area contributed by atoms with E-state index in [1.807, 2.05) is 19.1 Å². The van der Waals surface area contributed by atoms with Crippen LogP contribution < -0.4 is 0 Å². The number of hydrogen-bond acceptors (Lipinski definition) is 1. The molecule has 0 saturated heterocycles. The largest absolute Gasteiger partial charge is 0.481 e. The molecule has 0 unspecified atom stereocenters. The highest BCUT2D eigenvalue weighted by Gasteiger charge is 2.23. The van der Waals surface area contributed by atoms with Crippen molar-refractivity contribution in [1.82, 2.24) is 0 Å². The third-order valence-corrected chi connectivity index (χ3v) is 3.51. The second kappa shape index (κ2) is 4.69. The van der Waals surface area contributed by atoms with Gasteiger partial charge in [0, 0.05) is 0 Å². The fourth-order valence-electron chi connectivity index (χ4n) is 2.66. The average molecular weight is 218 g/mol. The van der Waals surface area contributed by atoms with Gasteiger partial charge in [0.05, 0.1) is 5.92 Å². The SMILES string of the molecule is CC[C@@H](C(=O)O)c1cccc2c1CCCC2. The summed E-state index contributed by atoms with van der Waals surface area (Å²) in [6, 6.07) is 6.14. The van der Waals surface area contributed by atoms with Crippen molar-refractivity contribution in [1.29, 1.82) is 0 Å². The van der Waals surface area contributed by atoms with Gasteiger partial charge < -0.3 is 5.11 Å². The zero-order valence-corrected chi connectivity index (χ0v) is 9.70. The first kappa shape index (κ1) is 11.2. The summed E-state index contributed by atoms with van der Waals surface area (Å²) in [7, 11) is 0. The Kier molecular flexibility index (Phi) is 3.28. The van der Waals surface area contributed by atoms with Gasteiger partial charge in [0.2, 0.25) is 0 Å². The molecule has 0 amide bonds. The number of aryl methyl sites for hydroxylation is 1. The third kappa shape index (κ3) is 1.97. The molecule has 0 aromatic heterocycles. The number of fused-ring (bicyclic) bond motifs is 1. The van der Waals surface area contributed by atoms with Crippen molar-refractivity contribution in [3.8, 4) is 0 Å². The summed E-state index contributed by atoms with van der Waals surface area (Å²) in [4.78, 5) is 11.2. The zero-order chi connectivity index (χ0) is 11.5. The molecule has 86 valence electrons. The molecular weight excluding hydrogens is 200 g/mol. The van der Waals surface area contributed by atoms with Gasteiger partial charge >= 0.3 is 5.97 Å². The summed E-state index contributed by atoms with van der Waals surface area (Å²) in [5.74, 6) is -1.02. The molecule has 0 spiro atoms. The molecule has 1 aliphatic rings. The Morgan fingerprint density at radius 3 is 2.81 bits per heavy atom. The Balaban J connectivity index is 2.43. The first-order chi connectivity index (χ1) is 7.74. The standard InChI is InChI=1S/C14H18O2/c1-2-11(14(15)16)13-9-5-7-10-6-3-4-8-12(10)13/h5,7,9,11H,2-4,6,8H2,1H3,(H,15,16)/t11-/m1/s1. The maximum absolute atomic E-state index is 11.2. The lowest BCUT2D eigenvalue weighted by Crippen LogP contribution is -2.15. The van der Waals surface area contributed by atoms with Crippen molar-refractivity contribution in [3.05, 3.63) is 34.9 Å². The van der Waals surface area contributed by atoms with E-state index in [0.29, 0.717) is 6.42 Å². The van der Waals surface area contributed by atoms with E-state index < -0.39 is 5.97 Å². The monoisotopic (exact) mass is 218 g/mol. The van der Waals surface area contributed by atoms with E-state index in [-0.39, 0.29) is 5.92 Å². The maximum atomic E-state index is 11.2. The Morgan fingerprint density at radius 2 is 2.12 bits per heavy atom. The minimum Gasteiger partial charge on any atom is -0.481 e. The minimum atomic E-state index is -0.693. The van der Waals surface area contributed by atoms with Crippen LogP contribution in [0.4, 0.5) is 0 Å². The van der Waals surface area contributed by atoms with Gasteiger partial charge in [0.1, 0.15) is 0 Å². The van der Waals surface area contributed by atoms with Crippen LogP contribution in [0.1, 0.15) is 48.8 Å². The van der Waals surface area contributed by atoms with Gasteiger partial charge in [-0.2, -0.15) is 0 Å². The number of hydrogen-bond donors (Lipinski definition) is 1. The van der Waals surface area contributed by atoms with Gasteiger partial charge in [-0.25, -0.2) is 0 Å². The smallest absolute Gasteiger partial charge is 0.310 e. The fraction of sp³-hybridized carbons (Fsp3) is 0.500. The van der Waals surface area contributed by atoms with Gasteiger partial charge in [-0.05, 0) is 48.8 Å². The number of carboxylic acid groups (broad SMARTS) is 1. The van der Waals surface area contributed by atoms with Crippen LogP contribution in [0.2, 0.25) is 0 Å². The van der Waals surface area contributed by atoms with Gasteiger partial charge in [0.15, 0.2) is 0 Å². The highest BCUT2D eigenvalue weighted by molar-refractivity contribution is 5.76. The van der Waals surface area contributed by atoms with E-state index in [9.17, 15) is 9.90 Å². The quantitative estimate of drug-likeness (QED) is 0.846. The molecule has 2 rings (SSSR count). The second-order valence-electron chi connectivity index (χ2n) is 4.49. The van der Waals surface area contributed by atoms with Crippen LogP contribution in [0.3, 0.4) is 0 Å². The van der Waals surface area contributed by atoms with Crippen molar-refractivity contribution < 1.29 is 9.90 Å². The van der Waals surface area contributed by atoms with Crippen molar-refractivity contribution in [2.24, 2.45) is 0 Å². The van der Waals surface area contributed by atoms with E-state index >= 15 is 0 Å². The minimum absolute atomic E-state index is 0.326. The summed E-state index contributed by atoms with van der Waals surface area (Å²) in [5.41, 5.74) is 3.72. The number of rotatable bonds is 3. The molecule has 1 N–H and O–H groups in total. The molecule has 1 atom stereocenters. The molecule has 1 aromatic carbocycles. The van der Waals surface area contributed by atoms with Crippen LogP contribution in [0.5, 0.6) is 0 Å². The van der Waals surface area contributed by atoms with Gasteiger partial charge in [-0.1, -0.05) is 25.1 Å². The fourth-order valence-corrected chi connectivity index (χ4v) is 2.66. The molecular formula is C14H18O2. The van der Waals surface area contributed by atoms with Crippen molar-refractivity contribution in [2.45, 2.75) is 44.9 Å². The molecule has 1 aromatic rings.